The highest BCUT2D eigenvalue weighted by Gasteiger charge is 2.29. The van der Waals surface area contributed by atoms with Crippen molar-refractivity contribution >= 4 is 27.5 Å². The first kappa shape index (κ1) is 23.7. The number of rotatable bonds is 7. The van der Waals surface area contributed by atoms with Crippen molar-refractivity contribution in [3.05, 3.63) is 90.6 Å². The molecule has 1 fully saturated rings. The number of benzene rings is 2. The number of ether oxygens (including phenoxy) is 1. The molecule has 36 heavy (non-hydrogen) atoms. The SMILES string of the molecule is Cc1ccc(Nc2ccc(N3CCN(S(=O)(=O)c4ccc(Oc5ccccc5)cc4)CC3)nn2)nc1. The van der Waals surface area contributed by atoms with Crippen molar-refractivity contribution < 1.29 is 13.2 Å². The van der Waals surface area contributed by atoms with Gasteiger partial charge in [0.1, 0.15) is 17.3 Å². The first-order valence-corrected chi connectivity index (χ1v) is 13.0. The second kappa shape index (κ2) is 10.3. The molecule has 0 unspecified atom stereocenters. The first-order valence-electron chi connectivity index (χ1n) is 11.6. The topological polar surface area (TPSA) is 101 Å². The summed E-state index contributed by atoms with van der Waals surface area (Å²) >= 11 is 0. The average molecular weight is 503 g/mol. The lowest BCUT2D eigenvalue weighted by atomic mass is 10.3. The van der Waals surface area contributed by atoms with Crippen LogP contribution < -0.4 is 15.0 Å². The molecule has 10 heteroatoms. The highest BCUT2D eigenvalue weighted by Crippen LogP contribution is 2.25. The standard InChI is InChI=1S/C26H26N6O3S/c1-20-7-12-24(27-19-20)28-25-13-14-26(30-29-25)31-15-17-32(18-16-31)36(33,34)23-10-8-22(9-11-23)35-21-5-3-2-4-6-21/h2-14,19H,15-18H2,1H3,(H,27,28,29). The molecule has 1 aliphatic heterocycles. The Morgan fingerprint density at radius 2 is 1.47 bits per heavy atom. The molecule has 0 atom stereocenters. The van der Waals surface area contributed by atoms with Crippen molar-refractivity contribution in [3.8, 4) is 11.5 Å². The summed E-state index contributed by atoms with van der Waals surface area (Å²) in [6, 6.07) is 23.4. The minimum absolute atomic E-state index is 0.247. The fourth-order valence-corrected chi connectivity index (χ4v) is 5.27. The van der Waals surface area contributed by atoms with E-state index in [1.54, 1.807) is 30.5 Å². The van der Waals surface area contributed by atoms with Gasteiger partial charge >= 0.3 is 0 Å². The van der Waals surface area contributed by atoms with Crippen LogP contribution in [-0.2, 0) is 10.0 Å². The molecule has 0 saturated carbocycles. The van der Waals surface area contributed by atoms with E-state index in [2.05, 4.69) is 20.5 Å². The minimum atomic E-state index is -3.60. The first-order chi connectivity index (χ1) is 17.5. The number of pyridine rings is 1. The van der Waals surface area contributed by atoms with E-state index >= 15 is 0 Å². The summed E-state index contributed by atoms with van der Waals surface area (Å²) in [5.41, 5.74) is 1.08. The zero-order chi connectivity index (χ0) is 25.0. The molecule has 5 rings (SSSR count). The summed E-state index contributed by atoms with van der Waals surface area (Å²) in [4.78, 5) is 6.58. The van der Waals surface area contributed by atoms with Gasteiger partial charge in [-0.2, -0.15) is 4.31 Å². The molecule has 0 aliphatic carbocycles. The molecule has 4 aromatic rings. The molecule has 0 amide bonds. The predicted molar refractivity (Wildman–Crippen MR) is 138 cm³/mol. The number of anilines is 3. The van der Waals surface area contributed by atoms with Gasteiger partial charge in [-0.3, -0.25) is 0 Å². The summed E-state index contributed by atoms with van der Waals surface area (Å²) in [5.74, 6) is 3.27. The predicted octanol–water partition coefficient (Wildman–Crippen LogP) is 4.23. The maximum absolute atomic E-state index is 13.2. The van der Waals surface area contributed by atoms with E-state index in [9.17, 15) is 8.42 Å². The number of nitrogens with zero attached hydrogens (tertiary/aromatic N) is 5. The van der Waals surface area contributed by atoms with E-state index in [0.29, 0.717) is 55.1 Å². The van der Waals surface area contributed by atoms with Crippen LogP contribution >= 0.6 is 0 Å². The third-order valence-electron chi connectivity index (χ3n) is 5.82. The Morgan fingerprint density at radius 3 is 2.11 bits per heavy atom. The van der Waals surface area contributed by atoms with E-state index in [-0.39, 0.29) is 4.90 Å². The number of piperazine rings is 1. The quantitative estimate of drug-likeness (QED) is 0.401. The van der Waals surface area contributed by atoms with Crippen molar-refractivity contribution in [3.63, 3.8) is 0 Å². The molecule has 1 aliphatic rings. The number of hydrogen-bond acceptors (Lipinski definition) is 8. The Kier molecular flexibility index (Phi) is 6.79. The summed E-state index contributed by atoms with van der Waals surface area (Å²) in [5, 5.41) is 11.7. The zero-order valence-electron chi connectivity index (χ0n) is 19.8. The molecule has 9 nitrogen and oxygen atoms in total. The van der Waals surface area contributed by atoms with Gasteiger partial charge in [-0.25, -0.2) is 13.4 Å². The molecule has 2 aromatic carbocycles. The van der Waals surface area contributed by atoms with Crippen LogP contribution in [0.5, 0.6) is 11.5 Å². The normalized spacial score (nSPS) is 14.4. The molecular weight excluding hydrogens is 476 g/mol. The summed E-state index contributed by atoms with van der Waals surface area (Å²) in [6.07, 6.45) is 1.78. The molecule has 3 heterocycles. The highest BCUT2D eigenvalue weighted by atomic mass is 32.2. The van der Waals surface area contributed by atoms with Crippen LogP contribution in [-0.4, -0.2) is 54.1 Å². The van der Waals surface area contributed by atoms with Gasteiger partial charge in [0.05, 0.1) is 4.90 Å². The molecule has 1 N–H and O–H groups in total. The number of aryl methyl sites for hydroxylation is 1. The van der Waals surface area contributed by atoms with Crippen LogP contribution in [0.4, 0.5) is 17.5 Å². The Hall–Kier alpha value is -4.02. The summed E-state index contributed by atoms with van der Waals surface area (Å²) in [6.45, 7) is 3.75. The summed E-state index contributed by atoms with van der Waals surface area (Å²) < 4.78 is 33.6. The number of aromatic nitrogens is 3. The number of hydrogen-bond donors (Lipinski definition) is 1. The molecule has 1 saturated heterocycles. The molecular formula is C26H26N6O3S. The molecule has 0 radical (unpaired) electrons. The van der Waals surface area contributed by atoms with Gasteiger partial charge in [0, 0.05) is 32.4 Å². The minimum Gasteiger partial charge on any atom is -0.457 e. The van der Waals surface area contributed by atoms with Gasteiger partial charge in [0.2, 0.25) is 10.0 Å². The van der Waals surface area contributed by atoms with Crippen LogP contribution in [0, 0.1) is 6.92 Å². The smallest absolute Gasteiger partial charge is 0.243 e. The Balaban J connectivity index is 1.18. The maximum atomic E-state index is 13.2. The summed E-state index contributed by atoms with van der Waals surface area (Å²) in [7, 11) is -3.60. The second-order valence-electron chi connectivity index (χ2n) is 8.40. The Bertz CT molecular complexity index is 1390. The van der Waals surface area contributed by atoms with Crippen LogP contribution in [0.15, 0.2) is 90.0 Å². The van der Waals surface area contributed by atoms with Gasteiger partial charge in [0.15, 0.2) is 11.6 Å². The largest absolute Gasteiger partial charge is 0.457 e. The average Bonchev–Trinajstić information content (AvgIpc) is 2.91. The van der Waals surface area contributed by atoms with Gasteiger partial charge in [0.25, 0.3) is 0 Å². The molecule has 0 spiro atoms. The third kappa shape index (κ3) is 5.45. The van der Waals surface area contributed by atoms with Crippen molar-refractivity contribution in [2.24, 2.45) is 0 Å². The van der Waals surface area contributed by atoms with E-state index < -0.39 is 10.0 Å². The Labute approximate surface area is 210 Å². The number of sulfonamides is 1. The van der Waals surface area contributed by atoms with Gasteiger partial charge in [-0.1, -0.05) is 24.3 Å². The maximum Gasteiger partial charge on any atom is 0.243 e. The second-order valence-corrected chi connectivity index (χ2v) is 10.3. The highest BCUT2D eigenvalue weighted by molar-refractivity contribution is 7.89. The number of para-hydroxylation sites is 1. The monoisotopic (exact) mass is 502 g/mol. The Morgan fingerprint density at radius 1 is 0.778 bits per heavy atom. The van der Waals surface area contributed by atoms with E-state index in [1.165, 1.54) is 4.31 Å². The van der Waals surface area contributed by atoms with Crippen molar-refractivity contribution in [1.29, 1.82) is 0 Å². The van der Waals surface area contributed by atoms with Gasteiger partial charge in [-0.15, -0.1) is 10.2 Å². The van der Waals surface area contributed by atoms with Crippen LogP contribution in [0.25, 0.3) is 0 Å². The van der Waals surface area contributed by atoms with E-state index in [0.717, 1.165) is 5.56 Å². The lowest BCUT2D eigenvalue weighted by Crippen LogP contribution is -2.48. The number of nitrogens with one attached hydrogen (secondary N) is 1. The van der Waals surface area contributed by atoms with E-state index in [1.807, 2.05) is 66.4 Å². The van der Waals surface area contributed by atoms with Crippen molar-refractivity contribution in [2.45, 2.75) is 11.8 Å². The van der Waals surface area contributed by atoms with Gasteiger partial charge in [-0.05, 0) is 67.1 Å². The van der Waals surface area contributed by atoms with Crippen molar-refractivity contribution in [2.75, 3.05) is 36.4 Å². The van der Waals surface area contributed by atoms with Crippen LogP contribution in [0.1, 0.15) is 5.56 Å². The lowest BCUT2D eigenvalue weighted by Gasteiger charge is -2.34. The molecule has 2 aromatic heterocycles. The van der Waals surface area contributed by atoms with E-state index in [4.69, 9.17) is 4.74 Å². The molecule has 0 bridgehead atoms. The van der Waals surface area contributed by atoms with Crippen LogP contribution in [0.3, 0.4) is 0 Å². The third-order valence-corrected chi connectivity index (χ3v) is 7.73. The fraction of sp³-hybridized carbons (Fsp3) is 0.192. The fourth-order valence-electron chi connectivity index (χ4n) is 3.84. The molecule has 184 valence electrons. The zero-order valence-corrected chi connectivity index (χ0v) is 20.6. The van der Waals surface area contributed by atoms with Gasteiger partial charge < -0.3 is 15.0 Å². The lowest BCUT2D eigenvalue weighted by molar-refractivity contribution is 0.383. The van der Waals surface area contributed by atoms with Crippen LogP contribution in [0.2, 0.25) is 0 Å². The van der Waals surface area contributed by atoms with Crippen molar-refractivity contribution in [1.82, 2.24) is 19.5 Å².